The molecule has 3 rings (SSSR count). The Hall–Kier alpha value is -3.51. The molecule has 3 aromatic carbocycles. The monoisotopic (exact) mass is 467 g/mol. The Balaban J connectivity index is 1.82. The van der Waals surface area contributed by atoms with Crippen LogP contribution in [0.15, 0.2) is 54.6 Å². The summed E-state index contributed by atoms with van der Waals surface area (Å²) in [6.45, 7) is 4.71. The Kier molecular flexibility index (Phi) is 7.96. The average molecular weight is 468 g/mol. The summed E-state index contributed by atoms with van der Waals surface area (Å²) in [4.78, 5) is 24.1. The van der Waals surface area contributed by atoms with Crippen molar-refractivity contribution < 1.29 is 24.2 Å². The molecule has 1 amide bonds. The van der Waals surface area contributed by atoms with Gasteiger partial charge in [-0.2, -0.15) is 0 Å². The van der Waals surface area contributed by atoms with E-state index in [1.54, 1.807) is 49.6 Å². The summed E-state index contributed by atoms with van der Waals surface area (Å²) in [5.41, 5.74) is 3.88. The fraction of sp³-hybridized carbons (Fsp3) is 0.231. The van der Waals surface area contributed by atoms with E-state index >= 15 is 0 Å². The van der Waals surface area contributed by atoms with Crippen molar-refractivity contribution in [2.24, 2.45) is 0 Å². The Morgan fingerprint density at radius 3 is 2.52 bits per heavy atom. The SMILES string of the molecule is CCCOc1ccc(C(=O)NCc2cc(-c3cc(C(=O)O)ccc3C)ccc2OC)c(Cl)c1. The van der Waals surface area contributed by atoms with E-state index in [4.69, 9.17) is 21.1 Å². The first-order valence-corrected chi connectivity index (χ1v) is 10.9. The van der Waals surface area contributed by atoms with Gasteiger partial charge in [0.1, 0.15) is 11.5 Å². The maximum Gasteiger partial charge on any atom is 0.335 e. The number of hydrogen-bond donors (Lipinski definition) is 2. The molecule has 0 saturated heterocycles. The molecule has 0 unspecified atom stereocenters. The van der Waals surface area contributed by atoms with Crippen molar-refractivity contribution in [2.75, 3.05) is 13.7 Å². The molecule has 0 spiro atoms. The maximum absolute atomic E-state index is 12.7. The Morgan fingerprint density at radius 1 is 1.06 bits per heavy atom. The lowest BCUT2D eigenvalue weighted by molar-refractivity contribution is 0.0696. The van der Waals surface area contributed by atoms with E-state index in [2.05, 4.69) is 5.32 Å². The minimum absolute atomic E-state index is 0.206. The van der Waals surface area contributed by atoms with Gasteiger partial charge in [-0.15, -0.1) is 0 Å². The predicted octanol–water partition coefficient (Wildman–Crippen LogP) is 5.74. The number of carbonyl (C=O) groups excluding carboxylic acids is 1. The number of ether oxygens (including phenoxy) is 2. The second-order valence-electron chi connectivity index (χ2n) is 7.53. The average Bonchev–Trinajstić information content (AvgIpc) is 2.81. The summed E-state index contributed by atoms with van der Waals surface area (Å²) in [6, 6.07) is 15.5. The maximum atomic E-state index is 12.7. The highest BCUT2D eigenvalue weighted by atomic mass is 35.5. The minimum Gasteiger partial charge on any atom is -0.496 e. The van der Waals surface area contributed by atoms with Gasteiger partial charge in [0.05, 0.1) is 29.9 Å². The zero-order chi connectivity index (χ0) is 24.0. The Labute approximate surface area is 198 Å². The van der Waals surface area contributed by atoms with Gasteiger partial charge in [0.15, 0.2) is 0 Å². The molecule has 7 heteroatoms. The van der Waals surface area contributed by atoms with Crippen LogP contribution in [0.1, 0.15) is 45.2 Å². The molecule has 0 aliphatic heterocycles. The second kappa shape index (κ2) is 10.9. The van der Waals surface area contributed by atoms with Gasteiger partial charge in [-0.1, -0.05) is 30.7 Å². The molecule has 172 valence electrons. The van der Waals surface area contributed by atoms with Crippen LogP contribution in [0.4, 0.5) is 0 Å². The number of aryl methyl sites for hydroxylation is 1. The number of methoxy groups -OCH3 is 1. The third-order valence-electron chi connectivity index (χ3n) is 5.17. The van der Waals surface area contributed by atoms with Crippen molar-refractivity contribution in [1.29, 1.82) is 0 Å². The lowest BCUT2D eigenvalue weighted by Crippen LogP contribution is -2.23. The van der Waals surface area contributed by atoms with Crippen LogP contribution in [0.5, 0.6) is 11.5 Å². The van der Waals surface area contributed by atoms with Gasteiger partial charge in [0.2, 0.25) is 0 Å². The summed E-state index contributed by atoms with van der Waals surface area (Å²) in [6.07, 6.45) is 0.876. The molecule has 0 radical (unpaired) electrons. The van der Waals surface area contributed by atoms with Crippen molar-refractivity contribution in [1.82, 2.24) is 5.32 Å². The summed E-state index contributed by atoms with van der Waals surface area (Å²) in [5.74, 6) is -0.0778. The van der Waals surface area contributed by atoms with Gasteiger partial charge in [0.25, 0.3) is 5.91 Å². The van der Waals surface area contributed by atoms with E-state index in [0.717, 1.165) is 28.7 Å². The van der Waals surface area contributed by atoms with Crippen LogP contribution >= 0.6 is 11.6 Å². The molecule has 0 aliphatic rings. The van der Waals surface area contributed by atoms with Crippen LogP contribution in [0.25, 0.3) is 11.1 Å². The largest absolute Gasteiger partial charge is 0.496 e. The predicted molar refractivity (Wildman–Crippen MR) is 129 cm³/mol. The highest BCUT2D eigenvalue weighted by molar-refractivity contribution is 6.34. The number of nitrogens with one attached hydrogen (secondary N) is 1. The van der Waals surface area contributed by atoms with Crippen molar-refractivity contribution in [3.63, 3.8) is 0 Å². The van der Waals surface area contributed by atoms with E-state index < -0.39 is 5.97 Å². The molecule has 2 N–H and O–H groups in total. The molecule has 0 aromatic heterocycles. The number of rotatable bonds is 9. The van der Waals surface area contributed by atoms with Crippen molar-refractivity contribution >= 4 is 23.5 Å². The van der Waals surface area contributed by atoms with Gasteiger partial charge >= 0.3 is 5.97 Å². The van der Waals surface area contributed by atoms with E-state index in [1.807, 2.05) is 26.0 Å². The molecule has 0 aliphatic carbocycles. The van der Waals surface area contributed by atoms with Crippen LogP contribution in [0.3, 0.4) is 0 Å². The fourth-order valence-electron chi connectivity index (χ4n) is 3.41. The lowest BCUT2D eigenvalue weighted by atomic mass is 9.96. The molecule has 0 saturated carbocycles. The zero-order valence-corrected chi connectivity index (χ0v) is 19.5. The number of aromatic carboxylic acids is 1. The molecule has 3 aromatic rings. The number of amides is 1. The Bertz CT molecular complexity index is 1180. The van der Waals surface area contributed by atoms with E-state index in [9.17, 15) is 14.7 Å². The lowest BCUT2D eigenvalue weighted by Gasteiger charge is -2.14. The van der Waals surface area contributed by atoms with E-state index in [-0.39, 0.29) is 18.0 Å². The van der Waals surface area contributed by atoms with Crippen LogP contribution < -0.4 is 14.8 Å². The van der Waals surface area contributed by atoms with Gasteiger partial charge in [-0.3, -0.25) is 4.79 Å². The fourth-order valence-corrected chi connectivity index (χ4v) is 3.67. The van der Waals surface area contributed by atoms with Crippen LogP contribution in [-0.2, 0) is 6.54 Å². The van der Waals surface area contributed by atoms with Crippen molar-refractivity contribution in [3.8, 4) is 22.6 Å². The smallest absolute Gasteiger partial charge is 0.335 e. The van der Waals surface area contributed by atoms with Gasteiger partial charge in [-0.25, -0.2) is 4.79 Å². The van der Waals surface area contributed by atoms with E-state index in [1.165, 1.54) is 0 Å². The first-order chi connectivity index (χ1) is 15.8. The van der Waals surface area contributed by atoms with Crippen molar-refractivity contribution in [3.05, 3.63) is 81.9 Å². The molecule has 0 fully saturated rings. The van der Waals surface area contributed by atoms with Crippen LogP contribution in [-0.4, -0.2) is 30.7 Å². The number of benzene rings is 3. The first-order valence-electron chi connectivity index (χ1n) is 10.6. The summed E-state index contributed by atoms with van der Waals surface area (Å²) in [7, 11) is 1.56. The number of carboxylic acid groups (broad SMARTS) is 1. The third kappa shape index (κ3) is 5.84. The summed E-state index contributed by atoms with van der Waals surface area (Å²) in [5, 5.41) is 12.5. The number of halogens is 1. The van der Waals surface area contributed by atoms with Crippen LogP contribution in [0, 0.1) is 6.92 Å². The third-order valence-corrected chi connectivity index (χ3v) is 5.49. The topological polar surface area (TPSA) is 84.9 Å². The molecule has 0 atom stereocenters. The summed E-state index contributed by atoms with van der Waals surface area (Å²) < 4.78 is 11.0. The zero-order valence-electron chi connectivity index (χ0n) is 18.8. The highest BCUT2D eigenvalue weighted by Gasteiger charge is 2.14. The van der Waals surface area contributed by atoms with Gasteiger partial charge in [-0.05, 0) is 72.5 Å². The number of carboxylic acids is 1. The Morgan fingerprint density at radius 2 is 1.85 bits per heavy atom. The molecular weight excluding hydrogens is 442 g/mol. The molecule has 33 heavy (non-hydrogen) atoms. The second-order valence-corrected chi connectivity index (χ2v) is 7.94. The summed E-state index contributed by atoms with van der Waals surface area (Å²) >= 11 is 6.29. The van der Waals surface area contributed by atoms with Crippen molar-refractivity contribution in [2.45, 2.75) is 26.8 Å². The molecule has 0 heterocycles. The van der Waals surface area contributed by atoms with Gasteiger partial charge < -0.3 is 19.9 Å². The first kappa shape index (κ1) is 24.1. The molecule has 6 nitrogen and oxygen atoms in total. The number of carbonyl (C=O) groups is 2. The molecular formula is C26H26ClNO5. The van der Waals surface area contributed by atoms with Gasteiger partial charge in [0, 0.05) is 12.1 Å². The molecule has 0 bridgehead atoms. The normalized spacial score (nSPS) is 10.5. The van der Waals surface area contributed by atoms with Crippen LogP contribution in [0.2, 0.25) is 5.02 Å². The highest BCUT2D eigenvalue weighted by Crippen LogP contribution is 2.30. The minimum atomic E-state index is -0.986. The van der Waals surface area contributed by atoms with E-state index in [0.29, 0.717) is 28.7 Å². The standard InChI is InChI=1S/C26H26ClNO5/c1-4-11-33-20-8-9-21(23(27)14-20)25(29)28-15-19-12-17(7-10-24(19)32-3)22-13-18(26(30)31)6-5-16(22)2/h5-10,12-14H,4,11,15H2,1-3H3,(H,28,29)(H,30,31). The number of hydrogen-bond acceptors (Lipinski definition) is 4. The quantitative estimate of drug-likeness (QED) is 0.419.